The van der Waals surface area contributed by atoms with E-state index in [0.29, 0.717) is 32.6 Å². The van der Waals surface area contributed by atoms with Crippen molar-refractivity contribution in [2.24, 2.45) is 0 Å². The maximum Gasteiger partial charge on any atom is 0.320 e. The number of piperazine rings is 1. The molecular formula is C11H22N2O4S. The van der Waals surface area contributed by atoms with Gasteiger partial charge in [0.05, 0.1) is 5.75 Å². The van der Waals surface area contributed by atoms with Gasteiger partial charge in [-0.15, -0.1) is 0 Å². The predicted octanol–water partition coefficient (Wildman–Crippen LogP) is 0.207. The Morgan fingerprint density at radius 1 is 1.28 bits per heavy atom. The van der Waals surface area contributed by atoms with Gasteiger partial charge in [0.25, 0.3) is 0 Å². The molecule has 6 nitrogen and oxygen atoms in total. The fraction of sp³-hybridized carbons (Fsp3) is 0.909. The minimum atomic E-state index is -3.16. The molecule has 0 aromatic heterocycles. The Labute approximate surface area is 109 Å². The van der Waals surface area contributed by atoms with Crippen LogP contribution in [0.25, 0.3) is 0 Å². The molecule has 0 aromatic rings. The smallest absolute Gasteiger partial charge is 0.320 e. The zero-order chi connectivity index (χ0) is 13.8. The van der Waals surface area contributed by atoms with E-state index in [1.807, 2.05) is 6.92 Å². The molecule has 1 N–H and O–H groups in total. The highest BCUT2D eigenvalue weighted by atomic mass is 32.2. The third-order valence-corrected chi connectivity index (χ3v) is 5.28. The molecule has 0 radical (unpaired) electrons. The van der Waals surface area contributed by atoms with Gasteiger partial charge in [0.15, 0.2) is 0 Å². The number of hydrogen-bond donors (Lipinski definition) is 1. The number of carbonyl (C=O) groups is 1. The molecule has 1 saturated heterocycles. The van der Waals surface area contributed by atoms with Crippen molar-refractivity contribution >= 4 is 16.0 Å². The highest BCUT2D eigenvalue weighted by molar-refractivity contribution is 7.89. The van der Waals surface area contributed by atoms with Gasteiger partial charge >= 0.3 is 5.97 Å². The summed E-state index contributed by atoms with van der Waals surface area (Å²) in [5.74, 6) is -0.671. The fourth-order valence-corrected chi connectivity index (χ4v) is 3.61. The van der Waals surface area contributed by atoms with Gasteiger partial charge in [-0.3, -0.25) is 9.69 Å². The van der Waals surface area contributed by atoms with Crippen LogP contribution in [0.1, 0.15) is 26.7 Å². The van der Waals surface area contributed by atoms with Crippen LogP contribution in [0, 0.1) is 0 Å². The summed E-state index contributed by atoms with van der Waals surface area (Å²) in [5, 5.41) is 8.90. The maximum atomic E-state index is 11.9. The first-order chi connectivity index (χ1) is 8.38. The largest absolute Gasteiger partial charge is 0.480 e. The summed E-state index contributed by atoms with van der Waals surface area (Å²) in [5.41, 5.74) is 0. The van der Waals surface area contributed by atoms with Crippen molar-refractivity contribution in [2.45, 2.75) is 32.7 Å². The Hall–Kier alpha value is -0.660. The number of hydrogen-bond acceptors (Lipinski definition) is 4. The minimum absolute atomic E-state index is 0.192. The van der Waals surface area contributed by atoms with E-state index in [4.69, 9.17) is 5.11 Å². The monoisotopic (exact) mass is 278 g/mol. The topological polar surface area (TPSA) is 77.9 Å². The fourth-order valence-electron chi connectivity index (χ4n) is 1.98. The second kappa shape index (κ2) is 6.49. The van der Waals surface area contributed by atoms with E-state index in [1.54, 1.807) is 11.8 Å². The van der Waals surface area contributed by atoms with Crippen LogP contribution < -0.4 is 0 Å². The summed E-state index contributed by atoms with van der Waals surface area (Å²) >= 11 is 0. The second-order valence-corrected chi connectivity index (χ2v) is 6.71. The molecule has 1 heterocycles. The van der Waals surface area contributed by atoms with Gasteiger partial charge in [-0.05, 0) is 13.3 Å². The number of nitrogens with zero attached hydrogens (tertiary/aromatic N) is 2. The number of sulfonamides is 1. The van der Waals surface area contributed by atoms with Crippen LogP contribution in [-0.2, 0) is 14.8 Å². The van der Waals surface area contributed by atoms with Crippen molar-refractivity contribution < 1.29 is 18.3 Å². The first-order valence-corrected chi connectivity index (χ1v) is 7.94. The molecule has 1 aliphatic heterocycles. The normalized spacial score (nSPS) is 20.8. The van der Waals surface area contributed by atoms with E-state index in [0.717, 1.165) is 6.42 Å². The van der Waals surface area contributed by atoms with Crippen LogP contribution in [0.2, 0.25) is 0 Å². The molecule has 0 bridgehead atoms. The average molecular weight is 278 g/mol. The number of carboxylic acids is 1. The predicted molar refractivity (Wildman–Crippen MR) is 68.9 cm³/mol. The van der Waals surface area contributed by atoms with Crippen LogP contribution in [0.15, 0.2) is 0 Å². The van der Waals surface area contributed by atoms with E-state index < -0.39 is 22.0 Å². The van der Waals surface area contributed by atoms with Gasteiger partial charge in [0.2, 0.25) is 10.0 Å². The van der Waals surface area contributed by atoms with Crippen LogP contribution >= 0.6 is 0 Å². The third kappa shape index (κ3) is 3.93. The Balaban J connectivity index is 2.51. The van der Waals surface area contributed by atoms with E-state index in [9.17, 15) is 13.2 Å². The Kier molecular flexibility index (Phi) is 5.55. The average Bonchev–Trinajstić information content (AvgIpc) is 2.35. The number of rotatable bonds is 6. The van der Waals surface area contributed by atoms with Gasteiger partial charge in [0.1, 0.15) is 6.04 Å². The van der Waals surface area contributed by atoms with Crippen LogP contribution in [0.4, 0.5) is 0 Å². The lowest BCUT2D eigenvalue weighted by Gasteiger charge is -2.35. The van der Waals surface area contributed by atoms with Crippen LogP contribution in [-0.4, -0.2) is 66.7 Å². The molecule has 7 heteroatoms. The van der Waals surface area contributed by atoms with E-state index >= 15 is 0 Å². The minimum Gasteiger partial charge on any atom is -0.480 e. The van der Waals surface area contributed by atoms with Crippen molar-refractivity contribution in [3.63, 3.8) is 0 Å². The lowest BCUT2D eigenvalue weighted by molar-refractivity contribution is -0.143. The van der Waals surface area contributed by atoms with Gasteiger partial charge in [-0.2, -0.15) is 4.31 Å². The molecule has 1 unspecified atom stereocenters. The Morgan fingerprint density at radius 2 is 1.83 bits per heavy atom. The molecular weight excluding hydrogens is 256 g/mol. The standard InChI is InChI=1S/C11H22N2O4S/c1-3-4-9-18(16,17)13-7-5-12(6-8-13)10(2)11(14)15/h10H,3-9H2,1-2H3,(H,14,15). The Bertz CT molecular complexity index is 375. The molecule has 1 aliphatic rings. The highest BCUT2D eigenvalue weighted by Gasteiger charge is 2.30. The molecule has 1 atom stereocenters. The SMILES string of the molecule is CCCCS(=O)(=O)N1CCN(C(C)C(=O)O)CC1. The number of aliphatic carboxylic acids is 1. The molecule has 1 fully saturated rings. The molecule has 0 aliphatic carbocycles. The first-order valence-electron chi connectivity index (χ1n) is 6.33. The summed E-state index contributed by atoms with van der Waals surface area (Å²) in [6, 6.07) is -0.550. The van der Waals surface area contributed by atoms with Gasteiger partial charge < -0.3 is 5.11 Å². The van der Waals surface area contributed by atoms with Crippen molar-refractivity contribution in [2.75, 3.05) is 31.9 Å². The lowest BCUT2D eigenvalue weighted by Crippen LogP contribution is -2.53. The number of unbranched alkanes of at least 4 members (excludes halogenated alkanes) is 1. The number of carboxylic acid groups (broad SMARTS) is 1. The zero-order valence-electron chi connectivity index (χ0n) is 11.0. The summed E-state index contributed by atoms with van der Waals surface area (Å²) in [4.78, 5) is 12.6. The summed E-state index contributed by atoms with van der Waals surface area (Å²) in [7, 11) is -3.16. The highest BCUT2D eigenvalue weighted by Crippen LogP contribution is 2.12. The lowest BCUT2D eigenvalue weighted by atomic mass is 10.2. The summed E-state index contributed by atoms with van der Waals surface area (Å²) in [6.07, 6.45) is 1.53. The van der Waals surface area contributed by atoms with Crippen LogP contribution in [0.5, 0.6) is 0 Å². The van der Waals surface area contributed by atoms with Crippen molar-refractivity contribution in [1.29, 1.82) is 0 Å². The van der Waals surface area contributed by atoms with Crippen molar-refractivity contribution in [3.8, 4) is 0 Å². The summed E-state index contributed by atoms with van der Waals surface area (Å²) < 4.78 is 25.4. The third-order valence-electron chi connectivity index (χ3n) is 3.33. The van der Waals surface area contributed by atoms with Gasteiger partial charge in [-0.25, -0.2) is 8.42 Å². The molecule has 0 saturated carbocycles. The quantitative estimate of drug-likeness (QED) is 0.751. The van der Waals surface area contributed by atoms with E-state index in [-0.39, 0.29) is 5.75 Å². The molecule has 0 aromatic carbocycles. The van der Waals surface area contributed by atoms with Crippen molar-refractivity contribution in [3.05, 3.63) is 0 Å². The van der Waals surface area contributed by atoms with Gasteiger partial charge in [-0.1, -0.05) is 13.3 Å². The van der Waals surface area contributed by atoms with E-state index in [1.165, 1.54) is 4.31 Å². The Morgan fingerprint density at radius 3 is 2.28 bits per heavy atom. The molecule has 0 spiro atoms. The van der Waals surface area contributed by atoms with E-state index in [2.05, 4.69) is 0 Å². The first kappa shape index (κ1) is 15.4. The molecule has 18 heavy (non-hydrogen) atoms. The van der Waals surface area contributed by atoms with Gasteiger partial charge in [0, 0.05) is 26.2 Å². The molecule has 1 rings (SSSR count). The zero-order valence-corrected chi connectivity index (χ0v) is 11.8. The molecule has 0 amide bonds. The second-order valence-electron chi connectivity index (χ2n) is 4.62. The maximum absolute atomic E-state index is 11.9. The summed E-state index contributed by atoms with van der Waals surface area (Å²) in [6.45, 7) is 5.34. The van der Waals surface area contributed by atoms with Crippen molar-refractivity contribution in [1.82, 2.24) is 9.21 Å². The van der Waals surface area contributed by atoms with Crippen LogP contribution in [0.3, 0.4) is 0 Å². The molecule has 106 valence electrons.